The normalized spacial score (nSPS) is 14.5. The summed E-state index contributed by atoms with van der Waals surface area (Å²) in [5.41, 5.74) is 7.97. The van der Waals surface area contributed by atoms with Gasteiger partial charge in [-0.1, -0.05) is 0 Å². The number of rotatable bonds is 5. The second-order valence-corrected chi connectivity index (χ2v) is 7.02. The van der Waals surface area contributed by atoms with E-state index >= 15 is 0 Å². The molecule has 0 atom stereocenters. The average molecular weight is 401 g/mol. The van der Waals surface area contributed by atoms with Gasteiger partial charge >= 0.3 is 6.01 Å². The molecule has 1 fully saturated rings. The first-order valence-corrected chi connectivity index (χ1v) is 9.41. The van der Waals surface area contributed by atoms with Crippen molar-refractivity contribution in [2.75, 3.05) is 25.4 Å². The van der Waals surface area contributed by atoms with Crippen LogP contribution in [0.1, 0.15) is 34.6 Å². The van der Waals surface area contributed by atoms with Crippen LogP contribution in [-0.4, -0.2) is 52.4 Å². The maximum absolute atomic E-state index is 13.0. The average Bonchev–Trinajstić information content (AvgIpc) is 2.71. The molecule has 3 N–H and O–H groups in total. The van der Waals surface area contributed by atoms with Crippen molar-refractivity contribution in [1.29, 1.82) is 0 Å². The molecule has 154 valence electrons. The number of nitrogens with one attached hydrogen (secondary N) is 1. The Balaban J connectivity index is 1.45. The molecule has 2 amide bonds. The number of likely N-dealkylation sites (tertiary alicyclic amines) is 1. The Labute approximate surface area is 168 Å². The second kappa shape index (κ2) is 8.85. The lowest BCUT2D eigenvalue weighted by Crippen LogP contribution is -2.47. The van der Waals surface area contributed by atoms with Gasteiger partial charge in [0.25, 0.3) is 11.8 Å². The van der Waals surface area contributed by atoms with E-state index < -0.39 is 0 Å². The van der Waals surface area contributed by atoms with Crippen molar-refractivity contribution in [2.24, 2.45) is 0 Å². The lowest BCUT2D eigenvalue weighted by atomic mass is 10.0. The van der Waals surface area contributed by atoms with Crippen LogP contribution < -0.4 is 15.8 Å². The lowest BCUT2D eigenvalue weighted by Gasteiger charge is -2.32. The van der Waals surface area contributed by atoms with Gasteiger partial charge in [0.05, 0.1) is 17.1 Å². The fraction of sp³-hybridized carbons (Fsp3) is 0.400. The van der Waals surface area contributed by atoms with E-state index in [0.29, 0.717) is 48.6 Å². The summed E-state index contributed by atoms with van der Waals surface area (Å²) in [6.45, 7) is 4.33. The molecule has 3 rings (SSSR count). The van der Waals surface area contributed by atoms with Gasteiger partial charge in [-0.05, 0) is 51.0 Å². The standard InChI is InChI=1S/C20H24FN5O3/c1-12-18(22)13(2)24-20(23-12)29-11-17(27)25-16-7-9-26(10-8-16)19(28)14-3-5-15(21)6-4-14/h3-6,16H,7-11,22H2,1-2H3,(H,25,27). The molecule has 0 radical (unpaired) electrons. The van der Waals surface area contributed by atoms with E-state index in [9.17, 15) is 14.0 Å². The number of ether oxygens (including phenoxy) is 1. The molecule has 1 saturated heterocycles. The summed E-state index contributed by atoms with van der Waals surface area (Å²) in [6, 6.07) is 5.57. The molecule has 8 nitrogen and oxygen atoms in total. The van der Waals surface area contributed by atoms with Gasteiger partial charge in [0.1, 0.15) is 5.82 Å². The van der Waals surface area contributed by atoms with Crippen LogP contribution in [0.2, 0.25) is 0 Å². The Morgan fingerprint density at radius 1 is 1.17 bits per heavy atom. The Morgan fingerprint density at radius 3 is 2.34 bits per heavy atom. The molecule has 0 unspecified atom stereocenters. The summed E-state index contributed by atoms with van der Waals surface area (Å²) in [6.07, 6.45) is 1.27. The minimum absolute atomic E-state index is 0.0424. The molecule has 1 aliphatic heterocycles. The van der Waals surface area contributed by atoms with E-state index in [4.69, 9.17) is 10.5 Å². The molecule has 0 aliphatic carbocycles. The minimum Gasteiger partial charge on any atom is -0.453 e. The number of hydrogen-bond donors (Lipinski definition) is 2. The SMILES string of the molecule is Cc1nc(OCC(=O)NC2CCN(C(=O)c3ccc(F)cc3)CC2)nc(C)c1N. The third-order valence-corrected chi connectivity index (χ3v) is 4.88. The molecule has 1 aromatic heterocycles. The van der Waals surface area contributed by atoms with Gasteiger partial charge in [-0.15, -0.1) is 0 Å². The lowest BCUT2D eigenvalue weighted by molar-refractivity contribution is -0.124. The number of nitrogen functional groups attached to an aromatic ring is 1. The van der Waals surface area contributed by atoms with E-state index in [-0.39, 0.29) is 36.3 Å². The van der Waals surface area contributed by atoms with Gasteiger partial charge in [-0.25, -0.2) is 4.39 Å². The van der Waals surface area contributed by atoms with Gasteiger partial charge in [-0.3, -0.25) is 9.59 Å². The van der Waals surface area contributed by atoms with Crippen LogP contribution in [0.5, 0.6) is 6.01 Å². The molecule has 9 heteroatoms. The van der Waals surface area contributed by atoms with Gasteiger partial charge in [-0.2, -0.15) is 9.97 Å². The van der Waals surface area contributed by atoms with Crippen LogP contribution in [0.3, 0.4) is 0 Å². The van der Waals surface area contributed by atoms with Crippen molar-refractivity contribution in [1.82, 2.24) is 20.2 Å². The molecular weight excluding hydrogens is 377 g/mol. The number of amides is 2. The third kappa shape index (κ3) is 5.18. The van der Waals surface area contributed by atoms with Gasteiger partial charge < -0.3 is 20.7 Å². The highest BCUT2D eigenvalue weighted by Crippen LogP contribution is 2.16. The fourth-order valence-corrected chi connectivity index (χ4v) is 3.16. The Kier molecular flexibility index (Phi) is 6.26. The zero-order valence-electron chi connectivity index (χ0n) is 16.4. The quantitative estimate of drug-likeness (QED) is 0.788. The Hall–Kier alpha value is -3.23. The number of aromatic nitrogens is 2. The predicted molar refractivity (Wildman–Crippen MR) is 105 cm³/mol. The highest BCUT2D eigenvalue weighted by atomic mass is 19.1. The Morgan fingerprint density at radius 2 is 1.76 bits per heavy atom. The summed E-state index contributed by atoms with van der Waals surface area (Å²) in [5.74, 6) is -0.784. The molecule has 1 aliphatic rings. The molecule has 2 heterocycles. The number of hydrogen-bond acceptors (Lipinski definition) is 6. The molecule has 0 bridgehead atoms. The zero-order chi connectivity index (χ0) is 21.0. The van der Waals surface area contributed by atoms with Crippen LogP contribution in [0, 0.1) is 19.7 Å². The Bertz CT molecular complexity index is 872. The van der Waals surface area contributed by atoms with E-state index in [0.717, 1.165) is 0 Å². The highest BCUT2D eigenvalue weighted by molar-refractivity contribution is 5.94. The maximum atomic E-state index is 13.0. The monoisotopic (exact) mass is 401 g/mol. The summed E-state index contributed by atoms with van der Waals surface area (Å²) in [7, 11) is 0. The van der Waals surface area contributed by atoms with Crippen molar-refractivity contribution in [2.45, 2.75) is 32.7 Å². The van der Waals surface area contributed by atoms with Crippen LogP contribution in [0.25, 0.3) is 0 Å². The molecule has 2 aromatic rings. The summed E-state index contributed by atoms with van der Waals surface area (Å²) in [5, 5.41) is 2.90. The first kappa shape index (κ1) is 20.5. The molecule has 0 saturated carbocycles. The summed E-state index contributed by atoms with van der Waals surface area (Å²) >= 11 is 0. The number of halogens is 1. The summed E-state index contributed by atoms with van der Waals surface area (Å²) in [4.78, 5) is 34.5. The van der Waals surface area contributed by atoms with Crippen molar-refractivity contribution < 1.29 is 18.7 Å². The zero-order valence-corrected chi connectivity index (χ0v) is 16.4. The molecule has 29 heavy (non-hydrogen) atoms. The number of aryl methyl sites for hydroxylation is 2. The van der Waals surface area contributed by atoms with E-state index in [1.54, 1.807) is 18.7 Å². The van der Waals surface area contributed by atoms with Crippen molar-refractivity contribution in [3.63, 3.8) is 0 Å². The first-order valence-electron chi connectivity index (χ1n) is 9.41. The number of benzene rings is 1. The van der Waals surface area contributed by atoms with Crippen LogP contribution >= 0.6 is 0 Å². The maximum Gasteiger partial charge on any atom is 0.317 e. The third-order valence-electron chi connectivity index (χ3n) is 4.88. The van der Waals surface area contributed by atoms with Crippen LogP contribution in [-0.2, 0) is 4.79 Å². The van der Waals surface area contributed by atoms with E-state index in [2.05, 4.69) is 15.3 Å². The van der Waals surface area contributed by atoms with Crippen LogP contribution in [0.15, 0.2) is 24.3 Å². The second-order valence-electron chi connectivity index (χ2n) is 7.02. The van der Waals surface area contributed by atoms with Crippen LogP contribution in [0.4, 0.5) is 10.1 Å². The summed E-state index contributed by atoms with van der Waals surface area (Å²) < 4.78 is 18.4. The molecular formula is C20H24FN5O3. The van der Waals surface area contributed by atoms with Gasteiger partial charge in [0.15, 0.2) is 6.61 Å². The number of piperidine rings is 1. The predicted octanol–water partition coefficient (Wildman–Crippen LogP) is 1.61. The number of carbonyl (C=O) groups is 2. The van der Waals surface area contributed by atoms with Gasteiger partial charge in [0.2, 0.25) is 0 Å². The van der Waals surface area contributed by atoms with Gasteiger partial charge in [0, 0.05) is 24.7 Å². The fourth-order valence-electron chi connectivity index (χ4n) is 3.16. The number of nitrogens with zero attached hydrogens (tertiary/aromatic N) is 3. The number of nitrogens with two attached hydrogens (primary N) is 1. The van der Waals surface area contributed by atoms with Crippen molar-refractivity contribution in [3.8, 4) is 6.01 Å². The van der Waals surface area contributed by atoms with E-state index in [1.165, 1.54) is 24.3 Å². The topological polar surface area (TPSA) is 110 Å². The molecule has 1 aromatic carbocycles. The first-order chi connectivity index (χ1) is 13.8. The highest BCUT2D eigenvalue weighted by Gasteiger charge is 2.24. The minimum atomic E-state index is -0.375. The largest absolute Gasteiger partial charge is 0.453 e. The van der Waals surface area contributed by atoms with E-state index in [1.807, 2.05) is 0 Å². The smallest absolute Gasteiger partial charge is 0.317 e. The molecule has 0 spiro atoms. The van der Waals surface area contributed by atoms with Crippen molar-refractivity contribution in [3.05, 3.63) is 47.0 Å². The number of carbonyl (C=O) groups excluding carboxylic acids is 2. The number of anilines is 1. The van der Waals surface area contributed by atoms with Crippen molar-refractivity contribution >= 4 is 17.5 Å².